The van der Waals surface area contributed by atoms with Crippen molar-refractivity contribution in [3.8, 4) is 0 Å². The quantitative estimate of drug-likeness (QED) is 0.611. The minimum Gasteiger partial charge on any atom is -0.634 e. The lowest BCUT2D eigenvalue weighted by molar-refractivity contribution is -0.956. The third-order valence-corrected chi connectivity index (χ3v) is 3.39. The van der Waals surface area contributed by atoms with Gasteiger partial charge in [0.1, 0.15) is 0 Å². The first-order valence-corrected chi connectivity index (χ1v) is 6.39. The molecular weight excluding hydrogens is 226 g/mol. The molecule has 1 heterocycles. The molecule has 0 amide bonds. The van der Waals surface area contributed by atoms with Crippen molar-refractivity contribution in [1.82, 2.24) is 0 Å². The summed E-state index contributed by atoms with van der Waals surface area (Å²) in [7, 11) is 0. The number of alkyl halides is 1. The Morgan fingerprint density at radius 3 is 2.12 bits per heavy atom. The first-order valence-electron chi connectivity index (χ1n) is 5.96. The summed E-state index contributed by atoms with van der Waals surface area (Å²) >= 11 is 5.88. The number of quaternary nitrogens is 1. The van der Waals surface area contributed by atoms with Crippen molar-refractivity contribution in [3.63, 3.8) is 0 Å². The molecule has 1 atom stereocenters. The lowest BCUT2D eigenvalue weighted by atomic mass is 9.80. The van der Waals surface area contributed by atoms with E-state index in [1.54, 1.807) is 0 Å². The van der Waals surface area contributed by atoms with Crippen molar-refractivity contribution >= 4 is 11.6 Å². The van der Waals surface area contributed by atoms with E-state index in [1.165, 1.54) is 0 Å². The number of ether oxygens (including phenoxy) is 1. The lowest BCUT2D eigenvalue weighted by Gasteiger charge is -2.54. The molecule has 0 bridgehead atoms. The van der Waals surface area contributed by atoms with E-state index >= 15 is 0 Å². The normalized spacial score (nSPS) is 34.7. The van der Waals surface area contributed by atoms with Crippen LogP contribution in [-0.4, -0.2) is 29.2 Å². The van der Waals surface area contributed by atoms with E-state index in [1.807, 2.05) is 34.6 Å². The van der Waals surface area contributed by atoms with Crippen molar-refractivity contribution in [1.29, 1.82) is 0 Å². The van der Waals surface area contributed by atoms with Crippen molar-refractivity contribution in [2.24, 2.45) is 0 Å². The molecule has 16 heavy (non-hydrogen) atoms. The molecule has 0 aromatic rings. The Balaban J connectivity index is 2.64. The second-order valence-electron chi connectivity index (χ2n) is 6.24. The van der Waals surface area contributed by atoms with Gasteiger partial charge in [-0.25, -0.2) is 0 Å². The van der Waals surface area contributed by atoms with Gasteiger partial charge in [0.2, 0.25) is 0 Å². The Morgan fingerprint density at radius 2 is 1.75 bits per heavy atom. The summed E-state index contributed by atoms with van der Waals surface area (Å²) in [6.45, 7) is 10.5. The van der Waals surface area contributed by atoms with Gasteiger partial charge in [-0.15, -0.1) is 11.6 Å². The maximum absolute atomic E-state index is 12.2. The van der Waals surface area contributed by atoms with Crippen LogP contribution in [-0.2, 0) is 4.74 Å². The molecule has 1 fully saturated rings. The van der Waals surface area contributed by atoms with Gasteiger partial charge in [-0.1, -0.05) is 0 Å². The maximum Gasteiger partial charge on any atom is 0.0946 e. The van der Waals surface area contributed by atoms with E-state index in [0.29, 0.717) is 11.7 Å². The number of rotatable bonds is 3. The van der Waals surface area contributed by atoms with Gasteiger partial charge >= 0.3 is 0 Å². The van der Waals surface area contributed by atoms with Gasteiger partial charge in [0.15, 0.2) is 0 Å². The van der Waals surface area contributed by atoms with Gasteiger partial charge in [-0.2, -0.15) is 0 Å². The molecule has 0 spiro atoms. The van der Waals surface area contributed by atoms with Crippen LogP contribution in [0.1, 0.15) is 47.5 Å². The molecule has 0 aromatic heterocycles. The molecule has 1 N–H and O–H groups in total. The van der Waals surface area contributed by atoms with E-state index < -0.39 is 0 Å². The fraction of sp³-hybridized carbons (Fsp3) is 1.00. The Bertz CT molecular complexity index is 223. The van der Waals surface area contributed by atoms with Crippen LogP contribution in [0.15, 0.2) is 0 Å². The minimum atomic E-state index is -0.276. The Labute approximate surface area is 104 Å². The fourth-order valence-corrected chi connectivity index (χ4v) is 2.77. The van der Waals surface area contributed by atoms with Crippen LogP contribution in [0.4, 0.5) is 0 Å². The fourth-order valence-electron chi connectivity index (χ4n) is 2.70. The van der Waals surface area contributed by atoms with Crippen LogP contribution in [0.3, 0.4) is 0 Å². The summed E-state index contributed by atoms with van der Waals surface area (Å²) in [4.78, 5) is 0. The molecule has 0 aromatic carbocycles. The smallest absolute Gasteiger partial charge is 0.0946 e. The molecule has 1 rings (SSSR count). The van der Waals surface area contributed by atoms with Crippen molar-refractivity contribution in [2.75, 3.05) is 6.61 Å². The van der Waals surface area contributed by atoms with E-state index in [0.717, 1.165) is 12.8 Å². The predicted octanol–water partition coefficient (Wildman–Crippen LogP) is 1.73. The molecular formula is C12H24ClNO2. The highest BCUT2D eigenvalue weighted by Gasteiger charge is 2.45. The van der Waals surface area contributed by atoms with Crippen LogP contribution in [0.2, 0.25) is 0 Å². The second kappa shape index (κ2) is 4.81. The molecule has 1 saturated heterocycles. The number of hydroxylamine groups is 2. The highest BCUT2D eigenvalue weighted by molar-refractivity contribution is 6.20. The third-order valence-electron chi connectivity index (χ3n) is 3.27. The molecule has 3 nitrogen and oxygen atoms in total. The SMILES string of the molecule is CC(Cl)COC1CC(C)(C)[NH+]([O-])C(C)(C)C1. The first-order chi connectivity index (χ1) is 7.15. The number of hydrogen-bond acceptors (Lipinski definition) is 2. The molecule has 0 radical (unpaired) electrons. The van der Waals surface area contributed by atoms with E-state index in [-0.39, 0.29) is 22.6 Å². The molecule has 1 unspecified atom stereocenters. The minimum absolute atomic E-state index is 0.0313. The zero-order valence-corrected chi connectivity index (χ0v) is 11.7. The summed E-state index contributed by atoms with van der Waals surface area (Å²) in [5.41, 5.74) is -0.552. The Hall–Kier alpha value is 0.170. The summed E-state index contributed by atoms with van der Waals surface area (Å²) in [5.74, 6) is 0. The molecule has 96 valence electrons. The van der Waals surface area contributed by atoms with Crippen LogP contribution < -0.4 is 5.06 Å². The number of piperidine rings is 1. The van der Waals surface area contributed by atoms with Gasteiger partial charge in [0.25, 0.3) is 0 Å². The van der Waals surface area contributed by atoms with Gasteiger partial charge in [0, 0.05) is 12.8 Å². The highest BCUT2D eigenvalue weighted by atomic mass is 35.5. The van der Waals surface area contributed by atoms with Crippen LogP contribution in [0.25, 0.3) is 0 Å². The van der Waals surface area contributed by atoms with E-state index in [2.05, 4.69) is 0 Å². The number of halogens is 1. The summed E-state index contributed by atoms with van der Waals surface area (Å²) in [5, 5.41) is 12.5. The van der Waals surface area contributed by atoms with Crippen LogP contribution in [0, 0.1) is 5.21 Å². The second-order valence-corrected chi connectivity index (χ2v) is 6.99. The largest absolute Gasteiger partial charge is 0.634 e. The molecule has 1 aliphatic rings. The number of hydrogen-bond donors (Lipinski definition) is 1. The predicted molar refractivity (Wildman–Crippen MR) is 66.8 cm³/mol. The van der Waals surface area contributed by atoms with E-state index in [9.17, 15) is 5.21 Å². The lowest BCUT2D eigenvalue weighted by Crippen LogP contribution is -3.23. The summed E-state index contributed by atoms with van der Waals surface area (Å²) in [6.07, 6.45) is 1.77. The van der Waals surface area contributed by atoms with Crippen molar-refractivity contribution in [3.05, 3.63) is 5.21 Å². The summed E-state index contributed by atoms with van der Waals surface area (Å²) in [6, 6.07) is 0. The average molecular weight is 250 g/mol. The molecule has 1 aliphatic heterocycles. The standard InChI is InChI=1S/C12H24ClNO2/c1-9(13)8-16-10-6-11(2,3)14(15)12(4,5)7-10/h9-10,14H,6-8H2,1-5H3. The van der Waals surface area contributed by atoms with Crippen molar-refractivity contribution in [2.45, 2.75) is 70.0 Å². The van der Waals surface area contributed by atoms with Gasteiger partial charge in [-0.3, -0.25) is 0 Å². The Kier molecular flexibility index (Phi) is 4.28. The zero-order valence-electron chi connectivity index (χ0n) is 11.0. The van der Waals surface area contributed by atoms with E-state index in [4.69, 9.17) is 16.3 Å². The molecule has 4 heteroatoms. The number of nitrogens with one attached hydrogen (secondary N) is 1. The highest BCUT2D eigenvalue weighted by Crippen LogP contribution is 2.26. The molecule has 0 aliphatic carbocycles. The zero-order chi connectivity index (χ0) is 12.6. The van der Waals surface area contributed by atoms with Crippen LogP contribution >= 0.6 is 11.6 Å². The first kappa shape index (κ1) is 14.2. The van der Waals surface area contributed by atoms with Gasteiger partial charge in [0.05, 0.1) is 29.2 Å². The Morgan fingerprint density at radius 1 is 1.31 bits per heavy atom. The average Bonchev–Trinajstić information content (AvgIpc) is 2.10. The van der Waals surface area contributed by atoms with Gasteiger partial charge < -0.3 is 15.0 Å². The third kappa shape index (κ3) is 3.33. The van der Waals surface area contributed by atoms with Crippen molar-refractivity contribution < 1.29 is 9.80 Å². The molecule has 0 saturated carbocycles. The topological polar surface area (TPSA) is 36.7 Å². The van der Waals surface area contributed by atoms with Gasteiger partial charge in [-0.05, 0) is 34.6 Å². The summed E-state index contributed by atoms with van der Waals surface area (Å²) < 4.78 is 5.78. The maximum atomic E-state index is 12.2. The van der Waals surface area contributed by atoms with Crippen LogP contribution in [0.5, 0.6) is 0 Å². The monoisotopic (exact) mass is 249 g/mol.